The number of hydrogen-bond acceptors (Lipinski definition) is 2. The number of halogens is 1. The summed E-state index contributed by atoms with van der Waals surface area (Å²) in [6, 6.07) is 5.19. The first kappa shape index (κ1) is 15.1. The van der Waals surface area contributed by atoms with Crippen LogP contribution in [-0.2, 0) is 11.2 Å². The van der Waals surface area contributed by atoms with Crippen molar-refractivity contribution in [1.29, 1.82) is 0 Å². The Hall–Kier alpha value is -0.930. The molecule has 1 N–H and O–H groups in total. The van der Waals surface area contributed by atoms with Crippen LogP contribution in [0.15, 0.2) is 18.2 Å². The molecule has 0 heterocycles. The lowest BCUT2D eigenvalue weighted by atomic mass is 10.0. The Balaban J connectivity index is 2.62. The zero-order valence-corrected chi connectivity index (χ0v) is 12.0. The van der Waals surface area contributed by atoms with Gasteiger partial charge in [-0.1, -0.05) is 6.07 Å². The van der Waals surface area contributed by atoms with Gasteiger partial charge >= 0.3 is 0 Å². The molecule has 1 aromatic rings. The van der Waals surface area contributed by atoms with Crippen LogP contribution in [0.3, 0.4) is 0 Å². The van der Waals surface area contributed by atoms with E-state index in [-0.39, 0.29) is 17.5 Å². The Bertz CT molecular complexity index is 385. The average molecular weight is 253 g/mol. The van der Waals surface area contributed by atoms with Gasteiger partial charge in [-0.3, -0.25) is 0 Å². The van der Waals surface area contributed by atoms with Crippen molar-refractivity contribution in [2.75, 3.05) is 13.7 Å². The SMILES string of the molecule is CNC(COC(C)(C)C)Cc1ccc(F)cc1C. The van der Waals surface area contributed by atoms with Crippen LogP contribution in [0, 0.1) is 12.7 Å². The van der Waals surface area contributed by atoms with E-state index in [1.807, 2.05) is 40.8 Å². The van der Waals surface area contributed by atoms with E-state index in [1.54, 1.807) is 6.07 Å². The van der Waals surface area contributed by atoms with E-state index in [1.165, 1.54) is 6.07 Å². The lowest BCUT2D eigenvalue weighted by Gasteiger charge is -2.24. The van der Waals surface area contributed by atoms with E-state index < -0.39 is 0 Å². The standard InChI is InChI=1S/C15H24FNO/c1-11-8-13(16)7-6-12(11)9-14(17-5)10-18-15(2,3)4/h6-8,14,17H,9-10H2,1-5H3. The zero-order chi connectivity index (χ0) is 13.8. The summed E-state index contributed by atoms with van der Waals surface area (Å²) >= 11 is 0. The smallest absolute Gasteiger partial charge is 0.123 e. The van der Waals surface area contributed by atoms with Gasteiger partial charge in [-0.25, -0.2) is 4.39 Å². The van der Waals surface area contributed by atoms with Crippen molar-refractivity contribution in [3.63, 3.8) is 0 Å². The minimum atomic E-state index is -0.178. The maximum Gasteiger partial charge on any atom is 0.123 e. The van der Waals surface area contributed by atoms with Gasteiger partial charge in [0.15, 0.2) is 0 Å². The van der Waals surface area contributed by atoms with E-state index in [0.29, 0.717) is 6.61 Å². The molecular formula is C15H24FNO. The van der Waals surface area contributed by atoms with Gasteiger partial charge in [0, 0.05) is 6.04 Å². The van der Waals surface area contributed by atoms with Gasteiger partial charge in [0.2, 0.25) is 0 Å². The van der Waals surface area contributed by atoms with Crippen LogP contribution in [0.1, 0.15) is 31.9 Å². The number of aryl methyl sites for hydroxylation is 1. The first-order valence-electron chi connectivity index (χ1n) is 6.38. The molecular weight excluding hydrogens is 229 g/mol. The van der Waals surface area contributed by atoms with Crippen molar-refractivity contribution in [2.24, 2.45) is 0 Å². The molecule has 0 aliphatic carbocycles. The van der Waals surface area contributed by atoms with Crippen LogP contribution in [0.5, 0.6) is 0 Å². The van der Waals surface area contributed by atoms with Gasteiger partial charge in [-0.05, 0) is 64.4 Å². The molecule has 0 aliphatic heterocycles. The Morgan fingerprint density at radius 1 is 1.33 bits per heavy atom. The lowest BCUT2D eigenvalue weighted by Crippen LogP contribution is -2.36. The van der Waals surface area contributed by atoms with Gasteiger partial charge in [-0.2, -0.15) is 0 Å². The molecule has 0 fully saturated rings. The number of nitrogens with one attached hydrogen (secondary N) is 1. The second kappa shape index (κ2) is 6.30. The molecule has 0 saturated heterocycles. The number of benzene rings is 1. The monoisotopic (exact) mass is 253 g/mol. The lowest BCUT2D eigenvalue weighted by molar-refractivity contribution is -0.0135. The van der Waals surface area contributed by atoms with Crippen LogP contribution >= 0.6 is 0 Å². The third kappa shape index (κ3) is 5.15. The highest BCUT2D eigenvalue weighted by Crippen LogP contribution is 2.14. The normalized spacial score (nSPS) is 13.7. The predicted molar refractivity (Wildman–Crippen MR) is 73.4 cm³/mol. The Morgan fingerprint density at radius 2 is 2.00 bits per heavy atom. The molecule has 0 saturated carbocycles. The van der Waals surface area contributed by atoms with Crippen molar-refractivity contribution in [3.8, 4) is 0 Å². The summed E-state index contributed by atoms with van der Waals surface area (Å²) in [4.78, 5) is 0. The summed E-state index contributed by atoms with van der Waals surface area (Å²) in [5.41, 5.74) is 2.02. The first-order chi connectivity index (χ1) is 8.31. The summed E-state index contributed by atoms with van der Waals surface area (Å²) in [6.07, 6.45) is 0.846. The molecule has 0 aliphatic rings. The highest BCUT2D eigenvalue weighted by atomic mass is 19.1. The molecule has 3 heteroatoms. The predicted octanol–water partition coefficient (Wildman–Crippen LogP) is 3.08. The molecule has 0 amide bonds. The molecule has 1 unspecified atom stereocenters. The maximum atomic E-state index is 13.0. The molecule has 1 aromatic carbocycles. The third-order valence-corrected chi connectivity index (χ3v) is 2.90. The average Bonchev–Trinajstić information content (AvgIpc) is 2.25. The topological polar surface area (TPSA) is 21.3 Å². The maximum absolute atomic E-state index is 13.0. The fourth-order valence-electron chi connectivity index (χ4n) is 1.75. The van der Waals surface area contributed by atoms with Crippen LogP contribution in [0.4, 0.5) is 4.39 Å². The van der Waals surface area contributed by atoms with Gasteiger partial charge in [-0.15, -0.1) is 0 Å². The Labute approximate surface area is 110 Å². The molecule has 18 heavy (non-hydrogen) atoms. The van der Waals surface area contributed by atoms with Crippen molar-refractivity contribution >= 4 is 0 Å². The van der Waals surface area contributed by atoms with Crippen molar-refractivity contribution in [1.82, 2.24) is 5.32 Å². The minimum absolute atomic E-state index is 0.132. The van der Waals surface area contributed by atoms with Crippen LogP contribution in [0.25, 0.3) is 0 Å². The van der Waals surface area contributed by atoms with Crippen molar-refractivity contribution < 1.29 is 9.13 Å². The van der Waals surface area contributed by atoms with Crippen molar-refractivity contribution in [2.45, 2.75) is 45.8 Å². The molecule has 0 radical (unpaired) electrons. The molecule has 0 bridgehead atoms. The minimum Gasteiger partial charge on any atom is -0.374 e. The number of hydrogen-bond donors (Lipinski definition) is 1. The second-order valence-corrected chi connectivity index (χ2v) is 5.68. The quantitative estimate of drug-likeness (QED) is 0.870. The molecule has 1 atom stereocenters. The number of ether oxygens (including phenoxy) is 1. The highest BCUT2D eigenvalue weighted by molar-refractivity contribution is 5.27. The fourth-order valence-corrected chi connectivity index (χ4v) is 1.75. The first-order valence-corrected chi connectivity index (χ1v) is 6.38. The van der Waals surface area contributed by atoms with Gasteiger partial charge in [0.25, 0.3) is 0 Å². The van der Waals surface area contributed by atoms with Crippen LogP contribution in [0.2, 0.25) is 0 Å². The molecule has 0 aromatic heterocycles. The zero-order valence-electron chi connectivity index (χ0n) is 12.0. The molecule has 1 rings (SSSR count). The highest BCUT2D eigenvalue weighted by Gasteiger charge is 2.15. The summed E-state index contributed by atoms with van der Waals surface area (Å²) in [5.74, 6) is -0.178. The van der Waals surface area contributed by atoms with Crippen LogP contribution in [-0.4, -0.2) is 25.3 Å². The van der Waals surface area contributed by atoms with E-state index >= 15 is 0 Å². The summed E-state index contributed by atoms with van der Waals surface area (Å²) in [6.45, 7) is 8.72. The van der Waals surface area contributed by atoms with Gasteiger partial charge < -0.3 is 10.1 Å². The van der Waals surface area contributed by atoms with E-state index in [2.05, 4.69) is 5.32 Å². The van der Waals surface area contributed by atoms with E-state index in [9.17, 15) is 4.39 Å². The summed E-state index contributed by atoms with van der Waals surface area (Å²) in [5, 5.41) is 3.25. The largest absolute Gasteiger partial charge is 0.374 e. The fraction of sp³-hybridized carbons (Fsp3) is 0.600. The molecule has 0 spiro atoms. The third-order valence-electron chi connectivity index (χ3n) is 2.90. The van der Waals surface area contributed by atoms with E-state index in [4.69, 9.17) is 4.74 Å². The Kier molecular flexibility index (Phi) is 5.29. The molecule has 2 nitrogen and oxygen atoms in total. The number of likely N-dealkylation sites (N-methyl/N-ethyl adjacent to an activating group) is 1. The van der Waals surface area contributed by atoms with Gasteiger partial charge in [0.05, 0.1) is 12.2 Å². The second-order valence-electron chi connectivity index (χ2n) is 5.68. The molecule has 102 valence electrons. The summed E-state index contributed by atoms with van der Waals surface area (Å²) < 4.78 is 18.8. The van der Waals surface area contributed by atoms with Crippen LogP contribution < -0.4 is 5.32 Å². The number of rotatable bonds is 5. The Morgan fingerprint density at radius 3 is 2.50 bits per heavy atom. The van der Waals surface area contributed by atoms with Gasteiger partial charge in [0.1, 0.15) is 5.82 Å². The van der Waals surface area contributed by atoms with E-state index in [0.717, 1.165) is 17.5 Å². The van der Waals surface area contributed by atoms with Crippen molar-refractivity contribution in [3.05, 3.63) is 35.1 Å². The summed E-state index contributed by atoms with van der Waals surface area (Å²) in [7, 11) is 1.93.